The van der Waals surface area contributed by atoms with Crippen LogP contribution in [0.25, 0.3) is 0 Å². The van der Waals surface area contributed by atoms with Crippen molar-refractivity contribution in [3.05, 3.63) is 60.7 Å². The third-order valence-corrected chi connectivity index (χ3v) is 3.99. The van der Waals surface area contributed by atoms with E-state index in [1.54, 1.807) is 0 Å². The van der Waals surface area contributed by atoms with Crippen molar-refractivity contribution in [1.29, 1.82) is 0 Å². The highest BCUT2D eigenvalue weighted by Gasteiger charge is 2.35. The van der Waals surface area contributed by atoms with Gasteiger partial charge in [0.25, 0.3) is 0 Å². The van der Waals surface area contributed by atoms with Crippen LogP contribution in [0.15, 0.2) is 43.5 Å². The summed E-state index contributed by atoms with van der Waals surface area (Å²) < 4.78 is 46.3. The zero-order chi connectivity index (χ0) is 18.7. The van der Waals surface area contributed by atoms with Gasteiger partial charge in [0.05, 0.1) is 12.5 Å². The van der Waals surface area contributed by atoms with Gasteiger partial charge in [0.2, 0.25) is 0 Å². The molecule has 138 valence electrons. The van der Waals surface area contributed by atoms with Crippen LogP contribution in [0.1, 0.15) is 17.7 Å². The Hall–Kier alpha value is -2.53. The van der Waals surface area contributed by atoms with Crippen LogP contribution >= 0.6 is 7.82 Å². The molecule has 26 heavy (non-hydrogen) atoms. The predicted molar refractivity (Wildman–Crippen MR) is 81.3 cm³/mol. The minimum atomic E-state index is -4.98. The smallest absolute Gasteiger partial charge is 0.303 e. The highest BCUT2D eigenvalue weighted by molar-refractivity contribution is 7.46. The Bertz CT molecular complexity index is 902. The van der Waals surface area contributed by atoms with E-state index < -0.39 is 31.6 Å². The second-order valence-corrected chi connectivity index (χ2v) is 6.44. The molecule has 1 aromatic carbocycles. The van der Waals surface area contributed by atoms with Gasteiger partial charge in [-0.3, -0.25) is 9.21 Å². The first-order chi connectivity index (χ1) is 12.3. The number of phosphoric ester groups is 1. The zero-order valence-corrected chi connectivity index (χ0v) is 13.9. The van der Waals surface area contributed by atoms with Crippen LogP contribution in [-0.2, 0) is 15.6 Å². The van der Waals surface area contributed by atoms with Crippen LogP contribution in [0.4, 0.5) is 8.78 Å². The van der Waals surface area contributed by atoms with Crippen molar-refractivity contribution >= 4 is 7.82 Å². The summed E-state index contributed by atoms with van der Waals surface area (Å²) in [6.07, 6.45) is 3.43. The van der Waals surface area contributed by atoms with Gasteiger partial charge in [0.1, 0.15) is 36.9 Å². The minimum Gasteiger partial charge on any atom is -0.303 e. The lowest BCUT2D eigenvalue weighted by Gasteiger charge is -2.27. The maximum atomic E-state index is 14.4. The number of aromatic nitrogens is 6. The summed E-state index contributed by atoms with van der Waals surface area (Å²) in [5.74, 6) is -2.74. The summed E-state index contributed by atoms with van der Waals surface area (Å²) in [7, 11) is -4.98. The number of nitrogens with zero attached hydrogens (tertiary/aromatic N) is 6. The van der Waals surface area contributed by atoms with E-state index in [0.717, 1.165) is 23.4 Å². The van der Waals surface area contributed by atoms with Gasteiger partial charge in [-0.05, 0) is 11.6 Å². The summed E-state index contributed by atoms with van der Waals surface area (Å²) in [5, 5.41) is 7.72. The average Bonchev–Trinajstić information content (AvgIpc) is 3.24. The number of benzene rings is 1. The molecular formula is C13H13F2N6O4P. The van der Waals surface area contributed by atoms with Crippen LogP contribution in [0.3, 0.4) is 0 Å². The molecule has 0 fully saturated rings. The summed E-state index contributed by atoms with van der Waals surface area (Å²) in [5.41, 5.74) is -0.0455. The van der Waals surface area contributed by atoms with E-state index in [-0.39, 0.29) is 12.1 Å². The zero-order valence-electron chi connectivity index (χ0n) is 13.0. The van der Waals surface area contributed by atoms with E-state index >= 15 is 0 Å². The molecule has 0 saturated heterocycles. The molecule has 10 nitrogen and oxygen atoms in total. The maximum absolute atomic E-state index is 14.4. The number of rotatable bonds is 7. The van der Waals surface area contributed by atoms with Gasteiger partial charge in [-0.1, -0.05) is 6.07 Å². The van der Waals surface area contributed by atoms with Crippen molar-refractivity contribution in [3.63, 3.8) is 0 Å². The first-order valence-corrected chi connectivity index (χ1v) is 8.72. The van der Waals surface area contributed by atoms with Crippen molar-refractivity contribution in [2.24, 2.45) is 0 Å². The fraction of sp³-hybridized carbons (Fsp3) is 0.231. The molecule has 0 unspecified atom stereocenters. The molecule has 3 rings (SSSR count). The van der Waals surface area contributed by atoms with Crippen molar-refractivity contribution in [2.75, 3.05) is 0 Å². The highest BCUT2D eigenvalue weighted by atomic mass is 31.2. The number of halogens is 2. The second kappa shape index (κ2) is 7.38. The molecule has 0 spiro atoms. The second-order valence-electron chi connectivity index (χ2n) is 5.25. The summed E-state index contributed by atoms with van der Waals surface area (Å²) in [6.45, 7) is -0.0763. The average molecular weight is 386 g/mol. The van der Waals surface area contributed by atoms with Gasteiger partial charge >= 0.3 is 7.82 Å². The van der Waals surface area contributed by atoms with Gasteiger partial charge in [-0.2, -0.15) is 10.2 Å². The minimum absolute atomic E-state index is 0.0455. The first-order valence-electron chi connectivity index (χ1n) is 7.19. The molecule has 13 heteroatoms. The van der Waals surface area contributed by atoms with Crippen molar-refractivity contribution < 1.29 is 27.7 Å². The lowest BCUT2D eigenvalue weighted by molar-refractivity contribution is 0.0432. The summed E-state index contributed by atoms with van der Waals surface area (Å²) >= 11 is 0. The van der Waals surface area contributed by atoms with Gasteiger partial charge in [0.15, 0.2) is 6.23 Å². The maximum Gasteiger partial charge on any atom is 0.471 e. The van der Waals surface area contributed by atoms with E-state index in [4.69, 9.17) is 4.52 Å². The van der Waals surface area contributed by atoms with E-state index in [0.29, 0.717) is 6.07 Å². The molecule has 0 aliphatic heterocycles. The molecule has 2 N–H and O–H groups in total. The lowest BCUT2D eigenvalue weighted by atomic mass is 9.96. The largest absolute Gasteiger partial charge is 0.471 e. The van der Waals surface area contributed by atoms with Crippen LogP contribution in [0.2, 0.25) is 0 Å². The fourth-order valence-electron chi connectivity index (χ4n) is 2.47. The standard InChI is InChI=1S/C13H13F2N6O4P/c14-9-1-2-10(12(15)3-9)11(4-20-7-16-5-18-20)13(25-26(22,23)24)21-8-17-6-19-21/h1-3,5-8,11,13H,4H2,(H2,22,23,24)/t11-,13-/m1/s1. The van der Waals surface area contributed by atoms with Gasteiger partial charge in [-0.25, -0.2) is 28.0 Å². The van der Waals surface area contributed by atoms with Crippen LogP contribution in [0, 0.1) is 11.6 Å². The van der Waals surface area contributed by atoms with Crippen molar-refractivity contribution in [1.82, 2.24) is 29.5 Å². The number of hydrogen-bond donors (Lipinski definition) is 2. The van der Waals surface area contributed by atoms with Crippen molar-refractivity contribution in [3.8, 4) is 0 Å². The monoisotopic (exact) mass is 386 g/mol. The summed E-state index contributed by atoms with van der Waals surface area (Å²) in [6, 6.07) is 2.86. The van der Waals surface area contributed by atoms with Crippen LogP contribution < -0.4 is 0 Å². The third kappa shape index (κ3) is 4.35. The third-order valence-electron chi connectivity index (χ3n) is 3.50. The molecular weight excluding hydrogens is 373 g/mol. The normalized spacial score (nSPS) is 14.3. The Balaban J connectivity index is 2.08. The molecule has 0 amide bonds. The number of phosphoric acid groups is 1. The number of hydrogen-bond acceptors (Lipinski definition) is 6. The van der Waals surface area contributed by atoms with E-state index in [1.165, 1.54) is 23.4 Å². The Morgan fingerprint density at radius 3 is 2.46 bits per heavy atom. The van der Waals surface area contributed by atoms with Gasteiger partial charge in [-0.15, -0.1) is 0 Å². The van der Waals surface area contributed by atoms with Crippen molar-refractivity contribution in [2.45, 2.75) is 18.7 Å². The first kappa shape index (κ1) is 18.3. The molecule has 2 aromatic heterocycles. The predicted octanol–water partition coefficient (Wildman–Crippen LogP) is 1.24. The van der Waals surface area contributed by atoms with E-state index in [9.17, 15) is 23.1 Å². The molecule has 2 atom stereocenters. The molecule has 2 heterocycles. The molecule has 0 saturated carbocycles. The SMILES string of the molecule is O=P(O)(O)O[C@H]([C@H](Cn1cncn1)c1ccc(F)cc1F)n1cncn1. The summed E-state index contributed by atoms with van der Waals surface area (Å²) in [4.78, 5) is 26.0. The van der Waals surface area contributed by atoms with Gasteiger partial charge in [0, 0.05) is 6.07 Å². The van der Waals surface area contributed by atoms with Gasteiger partial charge < -0.3 is 9.79 Å². The molecule has 0 radical (unpaired) electrons. The molecule has 0 aliphatic carbocycles. The Kier molecular flexibility index (Phi) is 5.18. The molecule has 0 bridgehead atoms. The fourth-order valence-corrected chi connectivity index (χ4v) is 2.99. The Labute approximate surface area is 145 Å². The molecule has 3 aromatic rings. The van der Waals surface area contributed by atoms with Crippen LogP contribution in [-0.4, -0.2) is 39.3 Å². The highest BCUT2D eigenvalue weighted by Crippen LogP contribution is 2.46. The van der Waals surface area contributed by atoms with E-state index in [1.807, 2.05) is 0 Å². The Morgan fingerprint density at radius 2 is 1.88 bits per heavy atom. The topological polar surface area (TPSA) is 128 Å². The Morgan fingerprint density at radius 1 is 1.15 bits per heavy atom. The lowest BCUT2D eigenvalue weighted by Crippen LogP contribution is -2.25. The van der Waals surface area contributed by atoms with E-state index in [2.05, 4.69) is 20.2 Å². The van der Waals surface area contributed by atoms with Crippen LogP contribution in [0.5, 0.6) is 0 Å². The quantitative estimate of drug-likeness (QED) is 0.581. The molecule has 0 aliphatic rings.